The van der Waals surface area contributed by atoms with E-state index in [9.17, 15) is 5.11 Å². The molecule has 0 saturated heterocycles. The number of rotatable bonds is 4. The summed E-state index contributed by atoms with van der Waals surface area (Å²) in [4.78, 5) is 0. The fourth-order valence-corrected chi connectivity index (χ4v) is 1.99. The van der Waals surface area contributed by atoms with Crippen molar-refractivity contribution in [3.63, 3.8) is 0 Å². The molecule has 0 spiro atoms. The highest BCUT2D eigenvalue weighted by molar-refractivity contribution is 6.74. The van der Waals surface area contributed by atoms with Gasteiger partial charge < -0.3 is 14.6 Å². The molecule has 0 radical (unpaired) electrons. The average molecular weight is 220 g/mol. The summed E-state index contributed by atoms with van der Waals surface area (Å²) in [6.07, 6.45) is -1.07. The average Bonchev–Trinajstić information content (AvgIpc) is 1.79. The Morgan fingerprint density at radius 3 is 1.93 bits per heavy atom. The van der Waals surface area contributed by atoms with Crippen molar-refractivity contribution in [1.29, 1.82) is 0 Å². The molecule has 0 bridgehead atoms. The van der Waals surface area contributed by atoms with E-state index in [4.69, 9.17) is 9.53 Å². The predicted molar refractivity (Wildman–Crippen MR) is 60.6 cm³/mol. The van der Waals surface area contributed by atoms with E-state index < -0.39 is 20.7 Å². The van der Waals surface area contributed by atoms with Gasteiger partial charge in [-0.25, -0.2) is 0 Å². The standard InChI is InChI=1S/C10H24O3Si/c1-8(11)7-9(12)13-14(5,6)10(2,3)4/h8-9,11-12H,7H2,1-6H3. The molecule has 0 aliphatic rings. The van der Waals surface area contributed by atoms with E-state index in [0.717, 1.165) is 0 Å². The van der Waals surface area contributed by atoms with Crippen molar-refractivity contribution >= 4 is 8.32 Å². The summed E-state index contributed by atoms with van der Waals surface area (Å²) in [7, 11) is -1.90. The zero-order chi connectivity index (χ0) is 11.6. The molecule has 0 rings (SSSR count). The highest BCUT2D eigenvalue weighted by atomic mass is 28.4. The smallest absolute Gasteiger partial charge is 0.195 e. The van der Waals surface area contributed by atoms with Crippen LogP contribution in [0.4, 0.5) is 0 Å². The van der Waals surface area contributed by atoms with Crippen molar-refractivity contribution in [2.75, 3.05) is 0 Å². The first kappa shape index (κ1) is 14.1. The Labute approximate surface area is 88.2 Å². The van der Waals surface area contributed by atoms with Crippen LogP contribution in [0.1, 0.15) is 34.1 Å². The van der Waals surface area contributed by atoms with Gasteiger partial charge in [-0.15, -0.1) is 0 Å². The minimum absolute atomic E-state index is 0.0900. The number of aliphatic hydroxyl groups excluding tert-OH is 2. The lowest BCUT2D eigenvalue weighted by Crippen LogP contribution is -2.44. The van der Waals surface area contributed by atoms with Crippen LogP contribution in [-0.2, 0) is 4.43 Å². The Balaban J connectivity index is 4.22. The summed E-state index contributed by atoms with van der Waals surface area (Å²) in [5.41, 5.74) is 0. The van der Waals surface area contributed by atoms with Gasteiger partial charge in [0.2, 0.25) is 0 Å². The summed E-state index contributed by atoms with van der Waals surface area (Å²) < 4.78 is 5.65. The first-order valence-corrected chi connectivity index (χ1v) is 8.01. The lowest BCUT2D eigenvalue weighted by molar-refractivity contribution is -0.0562. The number of hydrogen-bond acceptors (Lipinski definition) is 3. The van der Waals surface area contributed by atoms with Gasteiger partial charge in [0.1, 0.15) is 6.29 Å². The van der Waals surface area contributed by atoms with Crippen molar-refractivity contribution in [3.05, 3.63) is 0 Å². The van der Waals surface area contributed by atoms with Crippen LogP contribution < -0.4 is 0 Å². The van der Waals surface area contributed by atoms with E-state index in [1.807, 2.05) is 0 Å². The van der Waals surface area contributed by atoms with Crippen LogP contribution in [0.15, 0.2) is 0 Å². The maximum atomic E-state index is 9.57. The zero-order valence-corrected chi connectivity index (χ0v) is 11.2. The van der Waals surface area contributed by atoms with Gasteiger partial charge in [-0.1, -0.05) is 20.8 Å². The van der Waals surface area contributed by atoms with Gasteiger partial charge in [-0.3, -0.25) is 0 Å². The molecule has 0 heterocycles. The molecular weight excluding hydrogens is 196 g/mol. The lowest BCUT2D eigenvalue weighted by Gasteiger charge is -2.38. The Morgan fingerprint density at radius 1 is 1.21 bits per heavy atom. The van der Waals surface area contributed by atoms with Gasteiger partial charge in [-0.2, -0.15) is 0 Å². The molecule has 3 nitrogen and oxygen atoms in total. The van der Waals surface area contributed by atoms with Gasteiger partial charge in [0.15, 0.2) is 8.32 Å². The summed E-state index contributed by atoms with van der Waals surface area (Å²) in [5.74, 6) is 0. The molecule has 0 saturated carbocycles. The first-order valence-electron chi connectivity index (χ1n) is 5.10. The highest BCUT2D eigenvalue weighted by Gasteiger charge is 2.38. The van der Waals surface area contributed by atoms with Crippen LogP contribution in [-0.4, -0.2) is 30.9 Å². The zero-order valence-electron chi connectivity index (χ0n) is 10.2. The Hall–Kier alpha value is 0.0969. The van der Waals surface area contributed by atoms with Crippen molar-refractivity contribution in [2.24, 2.45) is 0 Å². The molecule has 0 amide bonds. The summed E-state index contributed by atoms with van der Waals surface area (Å²) in [6.45, 7) is 12.2. The molecule has 2 atom stereocenters. The lowest BCUT2D eigenvalue weighted by atomic mass is 10.2. The van der Waals surface area contributed by atoms with Crippen molar-refractivity contribution < 1.29 is 14.6 Å². The molecular formula is C10H24O3Si. The maximum Gasteiger partial charge on any atom is 0.195 e. The number of aliphatic hydroxyl groups is 2. The quantitative estimate of drug-likeness (QED) is 0.563. The van der Waals surface area contributed by atoms with E-state index in [1.165, 1.54) is 0 Å². The molecule has 2 unspecified atom stereocenters. The normalized spacial score (nSPS) is 18.0. The van der Waals surface area contributed by atoms with Gasteiger partial charge >= 0.3 is 0 Å². The monoisotopic (exact) mass is 220 g/mol. The van der Waals surface area contributed by atoms with E-state index in [-0.39, 0.29) is 11.5 Å². The van der Waals surface area contributed by atoms with Crippen LogP contribution in [0.2, 0.25) is 18.1 Å². The van der Waals surface area contributed by atoms with E-state index >= 15 is 0 Å². The van der Waals surface area contributed by atoms with Crippen molar-refractivity contribution in [1.82, 2.24) is 0 Å². The Kier molecular flexibility index (Phi) is 4.78. The molecule has 14 heavy (non-hydrogen) atoms. The molecule has 0 aliphatic heterocycles. The van der Waals surface area contributed by atoms with Crippen LogP contribution in [0.25, 0.3) is 0 Å². The fourth-order valence-electron chi connectivity index (χ4n) is 0.857. The van der Waals surface area contributed by atoms with Crippen molar-refractivity contribution in [2.45, 2.75) is 64.6 Å². The molecule has 2 N–H and O–H groups in total. The third-order valence-electron chi connectivity index (χ3n) is 2.78. The van der Waals surface area contributed by atoms with Crippen LogP contribution >= 0.6 is 0 Å². The topological polar surface area (TPSA) is 49.7 Å². The second-order valence-electron chi connectivity index (χ2n) is 5.42. The molecule has 4 heteroatoms. The minimum Gasteiger partial charge on any atom is -0.393 e. The summed E-state index contributed by atoms with van der Waals surface area (Å²) >= 11 is 0. The Morgan fingerprint density at radius 2 is 1.64 bits per heavy atom. The molecule has 0 aromatic heterocycles. The minimum atomic E-state index is -1.90. The highest BCUT2D eigenvalue weighted by Crippen LogP contribution is 2.37. The second-order valence-corrected chi connectivity index (χ2v) is 10.2. The molecule has 86 valence electrons. The molecule has 0 fully saturated rings. The summed E-state index contributed by atoms with van der Waals surface area (Å²) in [5, 5.41) is 18.8. The van der Waals surface area contributed by atoms with Gasteiger partial charge in [0, 0.05) is 6.42 Å². The fraction of sp³-hybridized carbons (Fsp3) is 1.00. The second kappa shape index (κ2) is 4.75. The van der Waals surface area contributed by atoms with E-state index in [2.05, 4.69) is 33.9 Å². The molecule has 0 aromatic carbocycles. The number of hydrogen-bond donors (Lipinski definition) is 2. The maximum absolute atomic E-state index is 9.57. The van der Waals surface area contributed by atoms with E-state index in [1.54, 1.807) is 6.92 Å². The van der Waals surface area contributed by atoms with E-state index in [0.29, 0.717) is 0 Å². The molecule has 0 aromatic rings. The van der Waals surface area contributed by atoms with Gasteiger partial charge in [0.05, 0.1) is 6.10 Å². The van der Waals surface area contributed by atoms with Gasteiger partial charge in [-0.05, 0) is 25.1 Å². The largest absolute Gasteiger partial charge is 0.393 e. The van der Waals surface area contributed by atoms with Crippen molar-refractivity contribution in [3.8, 4) is 0 Å². The van der Waals surface area contributed by atoms with Crippen LogP contribution in [0, 0.1) is 0 Å². The SMILES string of the molecule is CC(O)CC(O)O[Si](C)(C)C(C)(C)C. The van der Waals surface area contributed by atoms with Crippen LogP contribution in [0.3, 0.4) is 0 Å². The third-order valence-corrected chi connectivity index (χ3v) is 7.25. The van der Waals surface area contributed by atoms with Crippen LogP contribution in [0.5, 0.6) is 0 Å². The Bertz CT molecular complexity index is 173. The summed E-state index contributed by atoms with van der Waals surface area (Å²) in [6, 6.07) is 0. The predicted octanol–water partition coefficient (Wildman–Crippen LogP) is 2.10. The van der Waals surface area contributed by atoms with Gasteiger partial charge in [0.25, 0.3) is 0 Å². The third kappa shape index (κ3) is 4.55. The first-order chi connectivity index (χ1) is 6.06. The molecule has 0 aliphatic carbocycles.